The number of benzene rings is 1. The first-order valence-corrected chi connectivity index (χ1v) is 7.58. The summed E-state index contributed by atoms with van der Waals surface area (Å²) in [4.78, 5) is 11.7. The van der Waals surface area contributed by atoms with E-state index in [-0.39, 0.29) is 11.3 Å². The maximum atomic E-state index is 15.0. The summed E-state index contributed by atoms with van der Waals surface area (Å²) in [6, 6.07) is 7.58. The van der Waals surface area contributed by atoms with Crippen molar-refractivity contribution < 1.29 is 9.18 Å². The zero-order chi connectivity index (χ0) is 14.0. The van der Waals surface area contributed by atoms with Crippen LogP contribution in [0.3, 0.4) is 0 Å². The number of hydrogen-bond acceptors (Lipinski definition) is 1. The van der Waals surface area contributed by atoms with E-state index in [1.54, 1.807) is 6.07 Å². The summed E-state index contributed by atoms with van der Waals surface area (Å²) in [7, 11) is 0. The van der Waals surface area contributed by atoms with Crippen molar-refractivity contribution in [2.45, 2.75) is 49.6 Å². The molecular weight excluding hydrogens is 253 g/mol. The van der Waals surface area contributed by atoms with Crippen LogP contribution in [0.4, 0.5) is 4.39 Å². The Morgan fingerprint density at radius 1 is 1.15 bits per heavy atom. The number of alkyl halides is 1. The molecule has 4 aliphatic carbocycles. The molecule has 4 bridgehead atoms. The second-order valence-electron chi connectivity index (χ2n) is 7.30. The molecule has 2 unspecified atom stereocenters. The van der Waals surface area contributed by atoms with Gasteiger partial charge in [0, 0.05) is 5.56 Å². The molecule has 4 saturated carbocycles. The molecule has 5 rings (SSSR count). The van der Waals surface area contributed by atoms with Crippen molar-refractivity contribution in [2.24, 2.45) is 17.6 Å². The Morgan fingerprint density at radius 3 is 2.40 bits per heavy atom. The Balaban J connectivity index is 1.84. The van der Waals surface area contributed by atoms with Gasteiger partial charge >= 0.3 is 0 Å². The first-order chi connectivity index (χ1) is 9.50. The van der Waals surface area contributed by atoms with Crippen molar-refractivity contribution in [3.05, 3.63) is 35.4 Å². The standard InChI is InChI=1S/C17H20FNO/c18-17-8-11-5-12(9-17)7-16(6-11,10-17)14-4-2-1-3-13(14)15(19)20/h1-4,11-12H,5-10H2,(H2,19,20). The number of carbonyl (C=O) groups is 1. The minimum absolute atomic E-state index is 0.148. The molecule has 0 heterocycles. The van der Waals surface area contributed by atoms with Gasteiger partial charge in [-0.25, -0.2) is 4.39 Å². The fourth-order valence-corrected chi connectivity index (χ4v) is 5.63. The quantitative estimate of drug-likeness (QED) is 0.882. The van der Waals surface area contributed by atoms with Crippen LogP contribution in [0.2, 0.25) is 0 Å². The molecule has 1 aromatic carbocycles. The van der Waals surface area contributed by atoms with E-state index in [2.05, 4.69) is 0 Å². The van der Waals surface area contributed by atoms with Crippen molar-refractivity contribution in [3.8, 4) is 0 Å². The van der Waals surface area contributed by atoms with Gasteiger partial charge in [-0.3, -0.25) is 4.79 Å². The van der Waals surface area contributed by atoms with Crippen LogP contribution in [-0.2, 0) is 5.41 Å². The van der Waals surface area contributed by atoms with Crippen LogP contribution < -0.4 is 5.73 Å². The molecule has 0 saturated heterocycles. The maximum Gasteiger partial charge on any atom is 0.248 e. The van der Waals surface area contributed by atoms with E-state index in [1.165, 1.54) is 6.42 Å². The number of rotatable bonds is 2. The number of amides is 1. The van der Waals surface area contributed by atoms with Gasteiger partial charge in [0.15, 0.2) is 0 Å². The molecular formula is C17H20FNO. The highest BCUT2D eigenvalue weighted by molar-refractivity contribution is 5.94. The first kappa shape index (κ1) is 12.4. The van der Waals surface area contributed by atoms with Gasteiger partial charge in [-0.05, 0) is 67.4 Å². The summed E-state index contributed by atoms with van der Waals surface area (Å²) < 4.78 is 15.0. The third-order valence-corrected chi connectivity index (χ3v) is 5.75. The van der Waals surface area contributed by atoms with E-state index in [9.17, 15) is 4.79 Å². The largest absolute Gasteiger partial charge is 0.366 e. The van der Waals surface area contributed by atoms with Crippen molar-refractivity contribution in [3.63, 3.8) is 0 Å². The molecule has 0 radical (unpaired) electrons. The Kier molecular flexibility index (Phi) is 2.37. The molecule has 1 aromatic rings. The number of hydrogen-bond donors (Lipinski definition) is 1. The lowest BCUT2D eigenvalue weighted by Crippen LogP contribution is -2.56. The normalized spacial score (nSPS) is 41.9. The number of nitrogens with two attached hydrogens (primary N) is 1. The number of halogens is 1. The Labute approximate surface area is 118 Å². The van der Waals surface area contributed by atoms with Crippen molar-refractivity contribution in [1.29, 1.82) is 0 Å². The fourth-order valence-electron chi connectivity index (χ4n) is 5.63. The van der Waals surface area contributed by atoms with Gasteiger partial charge in [0.1, 0.15) is 5.67 Å². The van der Waals surface area contributed by atoms with Gasteiger partial charge in [-0.2, -0.15) is 0 Å². The SMILES string of the molecule is NC(=O)c1ccccc1C12CC3CC(CC(F)(C3)C1)C2. The zero-order valence-corrected chi connectivity index (χ0v) is 11.6. The molecule has 4 fully saturated rings. The summed E-state index contributed by atoms with van der Waals surface area (Å²) >= 11 is 0. The Hall–Kier alpha value is -1.38. The van der Waals surface area contributed by atoms with E-state index in [0.29, 0.717) is 23.8 Å². The lowest BCUT2D eigenvalue weighted by Gasteiger charge is -2.59. The van der Waals surface area contributed by atoms with Crippen LogP contribution in [0.5, 0.6) is 0 Å². The monoisotopic (exact) mass is 273 g/mol. The molecule has 1 amide bonds. The van der Waals surface area contributed by atoms with Crippen molar-refractivity contribution >= 4 is 5.91 Å². The van der Waals surface area contributed by atoms with Gasteiger partial charge in [0.25, 0.3) is 0 Å². The maximum absolute atomic E-state index is 15.0. The second kappa shape index (κ2) is 3.84. The van der Waals surface area contributed by atoms with Gasteiger partial charge in [-0.15, -0.1) is 0 Å². The minimum Gasteiger partial charge on any atom is -0.366 e. The summed E-state index contributed by atoms with van der Waals surface area (Å²) in [5, 5.41) is 0. The molecule has 2 nitrogen and oxygen atoms in total. The predicted octanol–water partition coefficient (Wildman–Crippen LogP) is 3.35. The van der Waals surface area contributed by atoms with Crippen LogP contribution in [0.25, 0.3) is 0 Å². The smallest absolute Gasteiger partial charge is 0.248 e. The van der Waals surface area contributed by atoms with Crippen molar-refractivity contribution in [2.75, 3.05) is 0 Å². The molecule has 0 aromatic heterocycles. The highest BCUT2D eigenvalue weighted by Gasteiger charge is 2.59. The summed E-state index contributed by atoms with van der Waals surface area (Å²) in [5.41, 5.74) is 5.98. The van der Waals surface area contributed by atoms with Crippen LogP contribution in [0.1, 0.15) is 54.4 Å². The summed E-state index contributed by atoms with van der Waals surface area (Å²) in [5.74, 6) is 0.591. The average molecular weight is 273 g/mol. The van der Waals surface area contributed by atoms with E-state index < -0.39 is 5.67 Å². The third kappa shape index (κ3) is 1.65. The minimum atomic E-state index is -1.01. The fraction of sp³-hybridized carbons (Fsp3) is 0.588. The van der Waals surface area contributed by atoms with Crippen LogP contribution in [-0.4, -0.2) is 11.6 Å². The lowest BCUT2D eigenvalue weighted by atomic mass is 9.46. The molecule has 2 N–H and O–H groups in total. The van der Waals surface area contributed by atoms with Crippen LogP contribution >= 0.6 is 0 Å². The lowest BCUT2D eigenvalue weighted by molar-refractivity contribution is -0.0895. The average Bonchev–Trinajstić information content (AvgIpc) is 2.35. The van der Waals surface area contributed by atoms with Crippen LogP contribution in [0.15, 0.2) is 24.3 Å². The van der Waals surface area contributed by atoms with Crippen molar-refractivity contribution in [1.82, 2.24) is 0 Å². The summed E-state index contributed by atoms with van der Waals surface area (Å²) in [6.07, 6.45) is 5.26. The highest BCUT2D eigenvalue weighted by atomic mass is 19.1. The Bertz CT molecular complexity index is 568. The molecule has 0 spiro atoms. The van der Waals surface area contributed by atoms with Gasteiger partial charge in [-0.1, -0.05) is 18.2 Å². The van der Waals surface area contributed by atoms with Gasteiger partial charge in [0.2, 0.25) is 5.91 Å². The molecule has 3 heteroatoms. The topological polar surface area (TPSA) is 43.1 Å². The predicted molar refractivity (Wildman–Crippen MR) is 75.2 cm³/mol. The highest BCUT2D eigenvalue weighted by Crippen LogP contribution is 2.63. The van der Waals surface area contributed by atoms with E-state index in [0.717, 1.165) is 31.2 Å². The molecule has 106 valence electrons. The molecule has 0 aliphatic heterocycles. The van der Waals surface area contributed by atoms with E-state index in [1.807, 2.05) is 18.2 Å². The Morgan fingerprint density at radius 2 is 1.80 bits per heavy atom. The number of primary amides is 1. The molecule has 2 atom stereocenters. The molecule has 4 aliphatic rings. The summed E-state index contributed by atoms with van der Waals surface area (Å²) in [6.45, 7) is 0. The molecule has 20 heavy (non-hydrogen) atoms. The first-order valence-electron chi connectivity index (χ1n) is 7.58. The van der Waals surface area contributed by atoms with E-state index in [4.69, 9.17) is 5.73 Å². The van der Waals surface area contributed by atoms with Gasteiger partial charge < -0.3 is 5.73 Å². The van der Waals surface area contributed by atoms with E-state index >= 15 is 4.39 Å². The third-order valence-electron chi connectivity index (χ3n) is 5.75. The number of carbonyl (C=O) groups excluding carboxylic acids is 1. The second-order valence-corrected chi connectivity index (χ2v) is 7.30. The zero-order valence-electron chi connectivity index (χ0n) is 11.6. The van der Waals surface area contributed by atoms with Crippen LogP contribution in [0, 0.1) is 11.8 Å². The van der Waals surface area contributed by atoms with Gasteiger partial charge in [0.05, 0.1) is 0 Å².